The SMILES string of the molecule is COCCN1CCN(c2ccc(NC(=O)c3c(Nc4cnc5c(c4C)NCC(C)O5)cc[nH]c3=O)cc2F)CC1. The number of hydrogen-bond acceptors (Lipinski definition) is 9. The predicted molar refractivity (Wildman–Crippen MR) is 153 cm³/mol. The van der Waals surface area contributed by atoms with Gasteiger partial charge in [-0.2, -0.15) is 0 Å². The molecule has 0 aliphatic carbocycles. The highest BCUT2D eigenvalue weighted by molar-refractivity contribution is 6.08. The third kappa shape index (κ3) is 5.87. The van der Waals surface area contributed by atoms with Crippen molar-refractivity contribution >= 4 is 34.3 Å². The lowest BCUT2D eigenvalue weighted by Crippen LogP contribution is -2.47. The quantitative estimate of drug-likeness (QED) is 0.334. The first kappa shape index (κ1) is 27.4. The Balaban J connectivity index is 1.30. The van der Waals surface area contributed by atoms with E-state index in [9.17, 15) is 9.59 Å². The monoisotopic (exact) mass is 551 g/mol. The molecule has 4 N–H and O–H groups in total. The topological polar surface area (TPSA) is 124 Å². The van der Waals surface area contributed by atoms with Gasteiger partial charge in [-0.25, -0.2) is 9.37 Å². The molecule has 212 valence electrons. The average molecular weight is 552 g/mol. The fourth-order valence-electron chi connectivity index (χ4n) is 4.90. The van der Waals surface area contributed by atoms with Crippen LogP contribution in [0.15, 0.2) is 41.5 Å². The summed E-state index contributed by atoms with van der Waals surface area (Å²) >= 11 is 0. The summed E-state index contributed by atoms with van der Waals surface area (Å²) in [6.45, 7) is 9.01. The second kappa shape index (κ2) is 11.9. The number of amides is 1. The summed E-state index contributed by atoms with van der Waals surface area (Å²) in [5.41, 5.74) is 2.51. The second-order valence-electron chi connectivity index (χ2n) is 9.95. The highest BCUT2D eigenvalue weighted by Crippen LogP contribution is 2.35. The smallest absolute Gasteiger partial charge is 0.263 e. The number of nitrogens with one attached hydrogen (secondary N) is 4. The molecule has 1 amide bonds. The number of fused-ring (bicyclic) bond motifs is 1. The highest BCUT2D eigenvalue weighted by Gasteiger charge is 2.23. The lowest BCUT2D eigenvalue weighted by Gasteiger charge is -2.36. The Labute approximate surface area is 231 Å². The van der Waals surface area contributed by atoms with Crippen molar-refractivity contribution in [1.82, 2.24) is 14.9 Å². The van der Waals surface area contributed by atoms with E-state index in [2.05, 4.69) is 30.8 Å². The normalized spacial score (nSPS) is 17.0. The van der Waals surface area contributed by atoms with Crippen molar-refractivity contribution in [3.8, 4) is 5.88 Å². The summed E-state index contributed by atoms with van der Waals surface area (Å²) < 4.78 is 26.0. The molecule has 0 saturated carbocycles. The van der Waals surface area contributed by atoms with Gasteiger partial charge in [-0.3, -0.25) is 14.5 Å². The van der Waals surface area contributed by atoms with Crippen LogP contribution in [0.4, 0.5) is 32.8 Å². The van der Waals surface area contributed by atoms with E-state index in [1.807, 2.05) is 18.7 Å². The van der Waals surface area contributed by atoms with Crippen molar-refractivity contribution in [3.63, 3.8) is 0 Å². The molecule has 2 aliphatic heterocycles. The van der Waals surface area contributed by atoms with Gasteiger partial charge < -0.3 is 35.3 Å². The predicted octanol–water partition coefficient (Wildman–Crippen LogP) is 3.17. The average Bonchev–Trinajstić information content (AvgIpc) is 2.94. The number of aromatic amines is 1. The molecular formula is C28H34FN7O4. The fraction of sp³-hybridized carbons (Fsp3) is 0.393. The maximum atomic E-state index is 15.1. The van der Waals surface area contributed by atoms with Crippen molar-refractivity contribution in [2.24, 2.45) is 0 Å². The molecule has 2 aromatic heterocycles. The Bertz CT molecular complexity index is 1440. The molecule has 11 nitrogen and oxygen atoms in total. The number of carbonyl (C=O) groups excluding carboxylic acids is 1. The Morgan fingerprint density at radius 2 is 2.02 bits per heavy atom. The molecule has 1 fully saturated rings. The molecule has 1 saturated heterocycles. The van der Waals surface area contributed by atoms with Crippen LogP contribution in [0.3, 0.4) is 0 Å². The molecule has 1 atom stereocenters. The minimum atomic E-state index is -0.665. The molecule has 12 heteroatoms. The van der Waals surface area contributed by atoms with Crippen molar-refractivity contribution < 1.29 is 18.7 Å². The van der Waals surface area contributed by atoms with Crippen molar-refractivity contribution in [3.05, 3.63) is 64.0 Å². The van der Waals surface area contributed by atoms with Crippen molar-refractivity contribution in [1.29, 1.82) is 0 Å². The number of ether oxygens (including phenoxy) is 2. The minimum Gasteiger partial charge on any atom is -0.471 e. The third-order valence-corrected chi connectivity index (χ3v) is 7.17. The number of aromatic nitrogens is 2. The number of nitrogens with zero attached hydrogens (tertiary/aromatic N) is 3. The van der Waals surface area contributed by atoms with E-state index >= 15 is 4.39 Å². The Morgan fingerprint density at radius 1 is 1.23 bits per heavy atom. The molecule has 3 aromatic rings. The van der Waals surface area contributed by atoms with Gasteiger partial charge in [0, 0.05) is 57.3 Å². The van der Waals surface area contributed by atoms with E-state index in [-0.39, 0.29) is 17.4 Å². The lowest BCUT2D eigenvalue weighted by molar-refractivity contribution is 0.102. The van der Waals surface area contributed by atoms with Crippen LogP contribution < -0.4 is 31.1 Å². The van der Waals surface area contributed by atoms with E-state index in [1.54, 1.807) is 31.5 Å². The van der Waals surface area contributed by atoms with Gasteiger partial charge in [0.25, 0.3) is 11.5 Å². The molecule has 40 heavy (non-hydrogen) atoms. The first-order valence-corrected chi connectivity index (χ1v) is 13.3. The van der Waals surface area contributed by atoms with Gasteiger partial charge in [0.2, 0.25) is 5.88 Å². The summed E-state index contributed by atoms with van der Waals surface area (Å²) in [5, 5.41) is 9.14. The number of pyridine rings is 2. The Hall–Kier alpha value is -4.16. The summed E-state index contributed by atoms with van der Waals surface area (Å²) in [6, 6.07) is 6.17. The minimum absolute atomic E-state index is 0.00334. The Kier molecular flexibility index (Phi) is 8.17. The molecule has 5 rings (SSSR count). The fourth-order valence-corrected chi connectivity index (χ4v) is 4.90. The van der Waals surface area contributed by atoms with Gasteiger partial charge in [-0.15, -0.1) is 0 Å². The van der Waals surface area contributed by atoms with Crippen LogP contribution in [0.25, 0.3) is 0 Å². The van der Waals surface area contributed by atoms with Gasteiger partial charge in [-0.05, 0) is 38.1 Å². The number of anilines is 5. The van der Waals surface area contributed by atoms with Crippen molar-refractivity contribution in [2.45, 2.75) is 20.0 Å². The number of piperazine rings is 1. The number of rotatable bonds is 8. The van der Waals surface area contributed by atoms with Crippen LogP contribution in [0, 0.1) is 12.7 Å². The van der Waals surface area contributed by atoms with Crippen LogP contribution in [-0.2, 0) is 4.74 Å². The number of carbonyl (C=O) groups is 1. The molecule has 0 radical (unpaired) electrons. The zero-order valence-corrected chi connectivity index (χ0v) is 22.8. The van der Waals surface area contributed by atoms with E-state index in [0.717, 1.165) is 30.9 Å². The third-order valence-electron chi connectivity index (χ3n) is 7.17. The van der Waals surface area contributed by atoms with Crippen LogP contribution in [0.1, 0.15) is 22.8 Å². The van der Waals surface area contributed by atoms with Gasteiger partial charge in [0.05, 0.1) is 36.4 Å². The summed E-state index contributed by atoms with van der Waals surface area (Å²) in [7, 11) is 1.68. The maximum Gasteiger partial charge on any atom is 0.263 e. The second-order valence-corrected chi connectivity index (χ2v) is 9.95. The Morgan fingerprint density at radius 3 is 2.77 bits per heavy atom. The van der Waals surface area contributed by atoms with Gasteiger partial charge >= 0.3 is 0 Å². The molecule has 4 heterocycles. The molecule has 1 aromatic carbocycles. The summed E-state index contributed by atoms with van der Waals surface area (Å²) in [4.78, 5) is 37.2. The van der Waals surface area contributed by atoms with E-state index in [1.165, 1.54) is 12.3 Å². The first-order chi connectivity index (χ1) is 19.3. The molecular weight excluding hydrogens is 517 g/mol. The number of halogens is 1. The van der Waals surface area contributed by atoms with Crippen LogP contribution in [-0.4, -0.2) is 79.9 Å². The zero-order chi connectivity index (χ0) is 28.2. The number of H-pyrrole nitrogens is 1. The summed E-state index contributed by atoms with van der Waals surface area (Å²) in [5.74, 6) is -0.602. The summed E-state index contributed by atoms with van der Waals surface area (Å²) in [6.07, 6.45) is 3.05. The molecule has 2 aliphatic rings. The van der Waals surface area contributed by atoms with Gasteiger partial charge in [0.15, 0.2) is 0 Å². The lowest BCUT2D eigenvalue weighted by atomic mass is 10.1. The number of methoxy groups -OCH3 is 1. The zero-order valence-electron chi connectivity index (χ0n) is 22.8. The van der Waals surface area contributed by atoms with Gasteiger partial charge in [0.1, 0.15) is 23.2 Å². The molecule has 0 bridgehead atoms. The van der Waals surface area contributed by atoms with Crippen LogP contribution in [0.5, 0.6) is 5.88 Å². The molecule has 0 spiro atoms. The largest absolute Gasteiger partial charge is 0.471 e. The first-order valence-electron chi connectivity index (χ1n) is 13.3. The van der Waals surface area contributed by atoms with E-state index in [4.69, 9.17) is 9.47 Å². The maximum absolute atomic E-state index is 15.1. The van der Waals surface area contributed by atoms with Crippen LogP contribution >= 0.6 is 0 Å². The van der Waals surface area contributed by atoms with E-state index < -0.39 is 17.3 Å². The van der Waals surface area contributed by atoms with Crippen LogP contribution in [0.2, 0.25) is 0 Å². The molecule has 1 unspecified atom stereocenters. The highest BCUT2D eigenvalue weighted by atomic mass is 19.1. The number of benzene rings is 1. The standard InChI is InChI=1S/C28H34FN7O4/c1-17-15-31-25-18(2)22(16-32-28(25)40-17)34-21-6-7-30-26(37)24(21)27(38)33-19-4-5-23(20(29)14-19)36-10-8-35(9-11-36)12-13-39-3/h4-7,14,16-17,31H,8-13,15H2,1-3H3,(H,33,38)(H2,30,34,37). The van der Waals surface area contributed by atoms with Crippen molar-refractivity contribution in [2.75, 3.05) is 73.8 Å². The van der Waals surface area contributed by atoms with E-state index in [0.29, 0.717) is 49.2 Å². The number of hydrogen-bond donors (Lipinski definition) is 4. The van der Waals surface area contributed by atoms with Gasteiger partial charge in [-0.1, -0.05) is 0 Å².